The first-order valence-corrected chi connectivity index (χ1v) is 14.2. The summed E-state index contributed by atoms with van der Waals surface area (Å²) in [4.78, 5) is 15.9. The van der Waals surface area contributed by atoms with Crippen molar-refractivity contribution in [3.05, 3.63) is 29.7 Å². The van der Waals surface area contributed by atoms with Crippen LogP contribution < -0.4 is 16.2 Å². The molecule has 3 aromatic heterocycles. The number of piperidine rings is 1. The van der Waals surface area contributed by atoms with E-state index < -0.39 is 0 Å². The number of pyridine rings is 1. The second kappa shape index (κ2) is 14.4. The number of hydrogen-bond donors (Lipinski definition) is 3. The number of aliphatic hydroxyl groups is 1. The number of rotatable bonds is 9. The molecule has 0 aliphatic carbocycles. The minimum absolute atomic E-state index is 0.138. The molecule has 0 aromatic carbocycles. The number of nitrogen functional groups attached to an aromatic ring is 2. The lowest BCUT2D eigenvalue weighted by atomic mass is 9.91. The Balaban J connectivity index is 0.000000448. The molecule has 11 heteroatoms. The summed E-state index contributed by atoms with van der Waals surface area (Å²) >= 11 is 0. The van der Waals surface area contributed by atoms with Crippen LogP contribution in [0, 0.1) is 0 Å². The van der Waals surface area contributed by atoms with Gasteiger partial charge in [0, 0.05) is 37.5 Å². The topological polar surface area (TPSA) is 150 Å². The molecule has 0 radical (unpaired) electrons. The fraction of sp³-hybridized carbons (Fsp3) is 0.643. The summed E-state index contributed by atoms with van der Waals surface area (Å²) in [5.74, 6) is 1.62. The molecule has 2 aliphatic rings. The van der Waals surface area contributed by atoms with Gasteiger partial charge >= 0.3 is 0 Å². The van der Waals surface area contributed by atoms with Crippen molar-refractivity contribution in [2.45, 2.75) is 76.8 Å². The number of likely N-dealkylation sites (tertiary alicyclic amines) is 1. The highest BCUT2D eigenvalue weighted by Crippen LogP contribution is 2.31. The number of aromatic nitrogens is 5. The van der Waals surface area contributed by atoms with Crippen LogP contribution in [0.25, 0.3) is 11.0 Å². The second-order valence-corrected chi connectivity index (χ2v) is 10.3. The van der Waals surface area contributed by atoms with Crippen LogP contribution in [0.3, 0.4) is 0 Å². The zero-order valence-electron chi connectivity index (χ0n) is 23.4. The predicted molar refractivity (Wildman–Crippen MR) is 153 cm³/mol. The zero-order valence-corrected chi connectivity index (χ0v) is 23.4. The van der Waals surface area contributed by atoms with Crippen LogP contribution >= 0.6 is 0 Å². The van der Waals surface area contributed by atoms with Gasteiger partial charge < -0.3 is 30.9 Å². The molecule has 5 heterocycles. The molecule has 2 saturated heterocycles. The molecule has 0 unspecified atom stereocenters. The van der Waals surface area contributed by atoms with E-state index in [1.807, 2.05) is 6.07 Å². The van der Waals surface area contributed by atoms with E-state index in [1.165, 1.54) is 19.3 Å². The van der Waals surface area contributed by atoms with Crippen LogP contribution in [0.4, 0.5) is 11.8 Å². The smallest absolute Gasteiger partial charge is 0.222 e. The number of fused-ring (bicyclic) bond motifs is 1. The van der Waals surface area contributed by atoms with E-state index in [1.54, 1.807) is 18.0 Å². The molecule has 5 N–H and O–H groups in total. The maximum atomic E-state index is 8.29. The summed E-state index contributed by atoms with van der Waals surface area (Å²) in [6, 6.07) is 4.77. The number of nitrogens with zero attached hydrogens (tertiary/aromatic N) is 6. The van der Waals surface area contributed by atoms with Crippen LogP contribution in [-0.4, -0.2) is 80.8 Å². The van der Waals surface area contributed by atoms with Crippen molar-refractivity contribution in [3.63, 3.8) is 0 Å². The number of hydrogen-bond acceptors (Lipinski definition) is 10. The number of unbranched alkanes of at least 4 members (excludes halogenated alkanes) is 3. The van der Waals surface area contributed by atoms with Gasteiger partial charge in [0.25, 0.3) is 0 Å². The maximum Gasteiger partial charge on any atom is 0.222 e. The third-order valence-corrected chi connectivity index (χ3v) is 7.67. The van der Waals surface area contributed by atoms with E-state index in [0.717, 1.165) is 75.5 Å². The lowest BCUT2D eigenvalue weighted by molar-refractivity contribution is 0.0250. The lowest BCUT2D eigenvalue weighted by Crippen LogP contribution is -2.43. The van der Waals surface area contributed by atoms with Crippen molar-refractivity contribution in [1.29, 1.82) is 0 Å². The zero-order chi connectivity index (χ0) is 27.6. The van der Waals surface area contributed by atoms with Crippen molar-refractivity contribution < 1.29 is 14.6 Å². The molecule has 3 aromatic rings. The van der Waals surface area contributed by atoms with E-state index in [0.29, 0.717) is 42.0 Å². The van der Waals surface area contributed by atoms with E-state index in [2.05, 4.69) is 33.0 Å². The SMILES string of the molecule is CCCCCCO.COc1ccc(C2CCN(C3CCOCC3)CC2)nc1Cn1ncc2nc(N)nc(N)c21. The fourth-order valence-corrected chi connectivity index (χ4v) is 5.49. The van der Waals surface area contributed by atoms with Gasteiger partial charge in [0.05, 0.1) is 19.9 Å². The number of aliphatic hydroxyl groups excluding tert-OH is 1. The Bertz CT molecular complexity index is 1170. The monoisotopic (exact) mass is 540 g/mol. The normalized spacial score (nSPS) is 17.2. The number of anilines is 2. The van der Waals surface area contributed by atoms with Crippen molar-refractivity contribution in [2.24, 2.45) is 0 Å². The Kier molecular flexibility index (Phi) is 10.7. The average molecular weight is 541 g/mol. The molecule has 0 saturated carbocycles. The molecule has 39 heavy (non-hydrogen) atoms. The minimum atomic E-state index is 0.138. The Morgan fingerprint density at radius 2 is 1.79 bits per heavy atom. The van der Waals surface area contributed by atoms with Gasteiger partial charge in [-0.2, -0.15) is 10.1 Å². The predicted octanol–water partition coefficient (Wildman–Crippen LogP) is 3.36. The molecular formula is C28H44N8O3. The largest absolute Gasteiger partial charge is 0.495 e. The summed E-state index contributed by atoms with van der Waals surface area (Å²) in [7, 11) is 1.66. The summed E-state index contributed by atoms with van der Waals surface area (Å²) in [6.07, 6.45) is 10.8. The van der Waals surface area contributed by atoms with Crippen molar-refractivity contribution in [2.75, 3.05) is 51.5 Å². The molecule has 0 atom stereocenters. The van der Waals surface area contributed by atoms with Gasteiger partial charge in [-0.3, -0.25) is 9.67 Å². The van der Waals surface area contributed by atoms with Gasteiger partial charge in [-0.25, -0.2) is 4.98 Å². The number of ether oxygens (including phenoxy) is 2. The van der Waals surface area contributed by atoms with Crippen LogP contribution in [0.5, 0.6) is 5.75 Å². The molecule has 214 valence electrons. The Hall–Kier alpha value is -3.02. The average Bonchev–Trinajstić information content (AvgIpc) is 3.37. The van der Waals surface area contributed by atoms with Gasteiger partial charge in [0.2, 0.25) is 5.95 Å². The Morgan fingerprint density at radius 1 is 1.03 bits per heavy atom. The summed E-state index contributed by atoms with van der Waals surface area (Å²) in [5.41, 5.74) is 15.0. The second-order valence-electron chi connectivity index (χ2n) is 10.3. The summed E-state index contributed by atoms with van der Waals surface area (Å²) in [5, 5.41) is 12.7. The van der Waals surface area contributed by atoms with Gasteiger partial charge in [-0.1, -0.05) is 26.2 Å². The molecule has 11 nitrogen and oxygen atoms in total. The molecule has 2 aliphatic heterocycles. The Labute approximate surface area is 230 Å². The van der Waals surface area contributed by atoms with E-state index in [4.69, 9.17) is 31.0 Å². The molecule has 5 rings (SSSR count). The quantitative estimate of drug-likeness (QED) is 0.345. The third-order valence-electron chi connectivity index (χ3n) is 7.67. The van der Waals surface area contributed by atoms with E-state index in [9.17, 15) is 0 Å². The minimum Gasteiger partial charge on any atom is -0.495 e. The van der Waals surface area contributed by atoms with Gasteiger partial charge in [-0.05, 0) is 57.3 Å². The molecule has 0 amide bonds. The molecule has 0 spiro atoms. The van der Waals surface area contributed by atoms with Crippen LogP contribution in [0.2, 0.25) is 0 Å². The van der Waals surface area contributed by atoms with E-state index >= 15 is 0 Å². The van der Waals surface area contributed by atoms with Crippen molar-refractivity contribution >= 4 is 22.8 Å². The first-order valence-electron chi connectivity index (χ1n) is 14.2. The van der Waals surface area contributed by atoms with Crippen molar-refractivity contribution in [1.82, 2.24) is 29.6 Å². The summed E-state index contributed by atoms with van der Waals surface area (Å²) < 4.78 is 12.9. The molecule has 0 bridgehead atoms. The van der Waals surface area contributed by atoms with E-state index in [-0.39, 0.29) is 5.95 Å². The van der Waals surface area contributed by atoms with Gasteiger partial charge in [0.15, 0.2) is 5.82 Å². The van der Waals surface area contributed by atoms with Crippen LogP contribution in [0.1, 0.15) is 75.6 Å². The molecular weight excluding hydrogens is 496 g/mol. The first kappa shape index (κ1) is 29.0. The highest BCUT2D eigenvalue weighted by Gasteiger charge is 2.28. The lowest BCUT2D eigenvalue weighted by Gasteiger charge is -2.39. The standard InChI is InChI=1S/C22H30N8O2.C6H14O/c1-31-19-3-2-16(14-4-8-29(9-5-14)15-6-10-32-11-7-15)26-18(19)13-30-20-17(12-25-30)27-22(24)28-21(20)23;1-2-3-4-5-6-7/h2-3,12,14-15H,4-11,13H2,1H3,(H4,23,24,27,28);7H,2-6H2,1H3. The maximum absolute atomic E-state index is 8.29. The Morgan fingerprint density at radius 3 is 2.49 bits per heavy atom. The van der Waals surface area contributed by atoms with Gasteiger partial charge in [-0.15, -0.1) is 0 Å². The molecule has 2 fully saturated rings. The highest BCUT2D eigenvalue weighted by atomic mass is 16.5. The third kappa shape index (κ3) is 7.55. The van der Waals surface area contributed by atoms with Gasteiger partial charge in [0.1, 0.15) is 22.5 Å². The number of methoxy groups -OCH3 is 1. The summed E-state index contributed by atoms with van der Waals surface area (Å²) in [6.45, 7) is 6.93. The van der Waals surface area contributed by atoms with Crippen LogP contribution in [-0.2, 0) is 11.3 Å². The van der Waals surface area contributed by atoms with Crippen molar-refractivity contribution in [3.8, 4) is 5.75 Å². The number of nitrogens with two attached hydrogens (primary N) is 2. The highest BCUT2D eigenvalue weighted by molar-refractivity contribution is 5.85. The van der Waals surface area contributed by atoms with Crippen LogP contribution in [0.15, 0.2) is 18.3 Å². The fourth-order valence-electron chi connectivity index (χ4n) is 5.49. The first-order chi connectivity index (χ1) is 19.0.